The van der Waals surface area contributed by atoms with Crippen molar-refractivity contribution < 1.29 is 19.4 Å². The van der Waals surface area contributed by atoms with Crippen molar-refractivity contribution in [3.63, 3.8) is 0 Å². The SMILES string of the molecule is Nc1cn(C2CCOC3(CCOC3)C2)nc1C(=O)O. The highest BCUT2D eigenvalue weighted by Crippen LogP contribution is 2.38. The van der Waals surface area contributed by atoms with Crippen LogP contribution in [0.4, 0.5) is 5.69 Å². The Hall–Kier alpha value is -1.60. The zero-order chi connectivity index (χ0) is 13.5. The summed E-state index contributed by atoms with van der Waals surface area (Å²) in [5, 5.41) is 13.1. The van der Waals surface area contributed by atoms with E-state index < -0.39 is 5.97 Å². The minimum atomic E-state index is -1.10. The number of hydrogen-bond acceptors (Lipinski definition) is 5. The molecule has 0 aromatic carbocycles. The van der Waals surface area contributed by atoms with Crippen molar-refractivity contribution in [1.82, 2.24) is 9.78 Å². The average molecular weight is 267 g/mol. The second kappa shape index (κ2) is 4.50. The van der Waals surface area contributed by atoms with E-state index in [1.165, 1.54) is 0 Å². The molecule has 2 unspecified atom stereocenters. The lowest BCUT2D eigenvalue weighted by Gasteiger charge is -2.37. The van der Waals surface area contributed by atoms with Crippen LogP contribution in [0, 0.1) is 0 Å². The van der Waals surface area contributed by atoms with Crippen molar-refractivity contribution in [2.24, 2.45) is 0 Å². The van der Waals surface area contributed by atoms with Gasteiger partial charge < -0.3 is 20.3 Å². The number of nitrogens with two attached hydrogens (primary N) is 1. The van der Waals surface area contributed by atoms with Crippen LogP contribution < -0.4 is 5.73 Å². The van der Waals surface area contributed by atoms with Crippen molar-refractivity contribution in [3.8, 4) is 0 Å². The van der Waals surface area contributed by atoms with Crippen molar-refractivity contribution in [3.05, 3.63) is 11.9 Å². The zero-order valence-electron chi connectivity index (χ0n) is 10.5. The molecule has 3 heterocycles. The fourth-order valence-electron chi connectivity index (χ4n) is 2.85. The van der Waals surface area contributed by atoms with Crippen LogP contribution in [-0.2, 0) is 9.47 Å². The topological polar surface area (TPSA) is 99.6 Å². The Morgan fingerprint density at radius 2 is 2.42 bits per heavy atom. The number of aromatic nitrogens is 2. The summed E-state index contributed by atoms with van der Waals surface area (Å²) in [5.41, 5.74) is 5.57. The normalized spacial score (nSPS) is 30.8. The van der Waals surface area contributed by atoms with E-state index in [0.29, 0.717) is 19.8 Å². The van der Waals surface area contributed by atoms with E-state index in [-0.39, 0.29) is 23.0 Å². The van der Waals surface area contributed by atoms with E-state index in [1.807, 2.05) is 0 Å². The average Bonchev–Trinajstić information content (AvgIpc) is 2.97. The third-order valence-electron chi connectivity index (χ3n) is 3.87. The van der Waals surface area contributed by atoms with E-state index in [1.54, 1.807) is 10.9 Å². The number of carboxylic acids is 1. The number of aromatic carboxylic acids is 1. The molecular weight excluding hydrogens is 250 g/mol. The van der Waals surface area contributed by atoms with Crippen molar-refractivity contribution in [1.29, 1.82) is 0 Å². The molecule has 2 aliphatic rings. The predicted octanol–water partition coefficient (Wildman–Crippen LogP) is 0.674. The van der Waals surface area contributed by atoms with Gasteiger partial charge in [0.2, 0.25) is 0 Å². The third kappa shape index (κ3) is 2.19. The van der Waals surface area contributed by atoms with Gasteiger partial charge in [-0.2, -0.15) is 5.10 Å². The number of carboxylic acid groups (broad SMARTS) is 1. The zero-order valence-corrected chi connectivity index (χ0v) is 10.5. The van der Waals surface area contributed by atoms with Crippen molar-refractivity contribution in [2.45, 2.75) is 30.9 Å². The lowest BCUT2D eigenvalue weighted by atomic mass is 9.90. The molecule has 2 atom stereocenters. The fourth-order valence-corrected chi connectivity index (χ4v) is 2.85. The number of anilines is 1. The number of nitrogens with zero attached hydrogens (tertiary/aromatic N) is 2. The molecule has 3 N–H and O–H groups in total. The molecule has 104 valence electrons. The molecule has 2 aliphatic heterocycles. The molecular formula is C12H17N3O4. The van der Waals surface area contributed by atoms with Gasteiger partial charge in [-0.25, -0.2) is 4.79 Å². The van der Waals surface area contributed by atoms with Gasteiger partial charge in [0.15, 0.2) is 5.69 Å². The van der Waals surface area contributed by atoms with Gasteiger partial charge in [0, 0.05) is 32.3 Å². The predicted molar refractivity (Wildman–Crippen MR) is 66.0 cm³/mol. The van der Waals surface area contributed by atoms with E-state index in [9.17, 15) is 4.79 Å². The third-order valence-corrected chi connectivity index (χ3v) is 3.87. The molecule has 0 amide bonds. The quantitative estimate of drug-likeness (QED) is 0.817. The van der Waals surface area contributed by atoms with E-state index in [0.717, 1.165) is 19.3 Å². The highest BCUT2D eigenvalue weighted by atomic mass is 16.6. The van der Waals surface area contributed by atoms with Crippen LogP contribution in [-0.4, -0.2) is 46.3 Å². The first-order valence-electron chi connectivity index (χ1n) is 6.39. The highest BCUT2D eigenvalue weighted by Gasteiger charge is 2.41. The van der Waals surface area contributed by atoms with Gasteiger partial charge in [-0.15, -0.1) is 0 Å². The number of rotatable bonds is 2. The number of hydrogen-bond donors (Lipinski definition) is 2. The largest absolute Gasteiger partial charge is 0.476 e. The summed E-state index contributed by atoms with van der Waals surface area (Å²) < 4.78 is 12.9. The number of ether oxygens (including phenoxy) is 2. The summed E-state index contributed by atoms with van der Waals surface area (Å²) in [6.07, 6.45) is 4.07. The van der Waals surface area contributed by atoms with E-state index in [4.69, 9.17) is 20.3 Å². The second-order valence-corrected chi connectivity index (χ2v) is 5.20. The number of carbonyl (C=O) groups is 1. The smallest absolute Gasteiger partial charge is 0.358 e. The lowest BCUT2D eigenvalue weighted by molar-refractivity contribution is -0.0962. The van der Waals surface area contributed by atoms with Crippen LogP contribution in [0.25, 0.3) is 0 Å². The number of nitrogen functional groups attached to an aromatic ring is 1. The first-order valence-corrected chi connectivity index (χ1v) is 6.39. The van der Waals surface area contributed by atoms with Gasteiger partial charge in [0.1, 0.15) is 0 Å². The summed E-state index contributed by atoms with van der Waals surface area (Å²) in [6, 6.07) is 0.117. The highest BCUT2D eigenvalue weighted by molar-refractivity contribution is 5.91. The monoisotopic (exact) mass is 267 g/mol. The maximum atomic E-state index is 11.0. The summed E-state index contributed by atoms with van der Waals surface area (Å²) >= 11 is 0. The van der Waals surface area contributed by atoms with Gasteiger partial charge in [0.05, 0.1) is 23.9 Å². The first-order chi connectivity index (χ1) is 9.10. The van der Waals surface area contributed by atoms with Crippen LogP contribution in [0.1, 0.15) is 35.8 Å². The van der Waals surface area contributed by atoms with E-state index in [2.05, 4.69) is 5.10 Å². The van der Waals surface area contributed by atoms with Crippen LogP contribution in [0.15, 0.2) is 6.20 Å². The van der Waals surface area contributed by atoms with Crippen molar-refractivity contribution in [2.75, 3.05) is 25.6 Å². The van der Waals surface area contributed by atoms with Crippen LogP contribution >= 0.6 is 0 Å². The molecule has 19 heavy (non-hydrogen) atoms. The minimum absolute atomic E-state index is 0.0804. The molecule has 1 spiro atoms. The molecule has 0 saturated carbocycles. The van der Waals surface area contributed by atoms with Crippen molar-refractivity contribution >= 4 is 11.7 Å². The minimum Gasteiger partial charge on any atom is -0.476 e. The summed E-state index contributed by atoms with van der Waals surface area (Å²) in [5.74, 6) is -1.10. The van der Waals surface area contributed by atoms with Gasteiger partial charge in [0.25, 0.3) is 0 Å². The fraction of sp³-hybridized carbons (Fsp3) is 0.667. The molecule has 7 nitrogen and oxygen atoms in total. The Bertz CT molecular complexity index is 493. The molecule has 0 bridgehead atoms. The summed E-state index contributed by atoms with van der Waals surface area (Å²) in [7, 11) is 0. The van der Waals surface area contributed by atoms with Gasteiger partial charge >= 0.3 is 5.97 Å². The molecule has 1 aromatic rings. The van der Waals surface area contributed by atoms with Gasteiger partial charge in [-0.1, -0.05) is 0 Å². The standard InChI is InChI=1S/C12H17N3O4/c13-9-6-15(14-10(9)11(16)17)8-1-3-19-12(5-8)2-4-18-7-12/h6,8H,1-5,7,13H2,(H,16,17). The molecule has 1 aromatic heterocycles. The van der Waals surface area contributed by atoms with Gasteiger partial charge in [-0.3, -0.25) is 4.68 Å². The Morgan fingerprint density at radius 3 is 3.05 bits per heavy atom. The Morgan fingerprint density at radius 1 is 1.58 bits per heavy atom. The second-order valence-electron chi connectivity index (χ2n) is 5.20. The van der Waals surface area contributed by atoms with Crippen LogP contribution in [0.3, 0.4) is 0 Å². The first kappa shape index (κ1) is 12.4. The maximum absolute atomic E-state index is 11.0. The maximum Gasteiger partial charge on any atom is 0.358 e. The molecule has 0 radical (unpaired) electrons. The Balaban J connectivity index is 1.82. The summed E-state index contributed by atoms with van der Waals surface area (Å²) in [4.78, 5) is 11.0. The molecule has 2 fully saturated rings. The Labute approximate surface area is 110 Å². The van der Waals surface area contributed by atoms with E-state index >= 15 is 0 Å². The van der Waals surface area contributed by atoms with Crippen LogP contribution in [0.5, 0.6) is 0 Å². The molecule has 7 heteroatoms. The molecule has 0 aliphatic carbocycles. The summed E-state index contributed by atoms with van der Waals surface area (Å²) in [6.45, 7) is 1.95. The van der Waals surface area contributed by atoms with Gasteiger partial charge in [-0.05, 0) is 6.42 Å². The molecule has 2 saturated heterocycles. The lowest BCUT2D eigenvalue weighted by Crippen LogP contribution is -2.41. The Kier molecular flexibility index (Phi) is 2.94. The molecule has 3 rings (SSSR count). The van der Waals surface area contributed by atoms with Crippen LogP contribution in [0.2, 0.25) is 0 Å².